The van der Waals surface area contributed by atoms with Gasteiger partial charge in [0.1, 0.15) is 5.75 Å². The van der Waals surface area contributed by atoms with Crippen molar-refractivity contribution in [2.75, 3.05) is 24.6 Å². The summed E-state index contributed by atoms with van der Waals surface area (Å²) in [5.74, 6) is 0.561. The molecule has 6 heteroatoms. The van der Waals surface area contributed by atoms with Crippen molar-refractivity contribution in [3.8, 4) is 5.75 Å². The topological polar surface area (TPSA) is 53.9 Å². The molecule has 1 aliphatic heterocycles. The molecule has 1 fully saturated rings. The summed E-state index contributed by atoms with van der Waals surface area (Å²) < 4.78 is 6.33. The zero-order valence-electron chi connectivity index (χ0n) is 14.7. The number of halogens is 1. The van der Waals surface area contributed by atoms with Crippen LogP contribution in [0.4, 0.5) is 5.69 Å². The van der Waals surface area contributed by atoms with E-state index in [-0.39, 0.29) is 5.91 Å². The molecule has 0 spiro atoms. The van der Waals surface area contributed by atoms with Gasteiger partial charge < -0.3 is 9.64 Å². The number of hydrogen-bond donors (Lipinski definition) is 1. The summed E-state index contributed by atoms with van der Waals surface area (Å²) in [6.45, 7) is 4.73. The van der Waals surface area contributed by atoms with Crippen LogP contribution in [-0.2, 0) is 0 Å². The Kier molecular flexibility index (Phi) is 6.28. The van der Waals surface area contributed by atoms with E-state index in [4.69, 9.17) is 4.74 Å². The van der Waals surface area contributed by atoms with E-state index in [0.29, 0.717) is 12.2 Å². The second-order valence-electron chi connectivity index (χ2n) is 6.06. The van der Waals surface area contributed by atoms with Gasteiger partial charge >= 0.3 is 0 Å². The molecule has 5 nitrogen and oxygen atoms in total. The smallest absolute Gasteiger partial charge is 0.271 e. The number of carbonyl (C=O) groups is 1. The summed E-state index contributed by atoms with van der Waals surface area (Å²) in [6.07, 6.45) is 4.08. The van der Waals surface area contributed by atoms with Crippen LogP contribution in [0.5, 0.6) is 5.75 Å². The molecule has 2 aromatic rings. The van der Waals surface area contributed by atoms with Crippen LogP contribution in [0, 0.1) is 0 Å². The number of nitrogens with one attached hydrogen (secondary N) is 1. The van der Waals surface area contributed by atoms with E-state index in [1.165, 1.54) is 18.5 Å². The van der Waals surface area contributed by atoms with Gasteiger partial charge in [-0.05, 0) is 83.7 Å². The van der Waals surface area contributed by atoms with E-state index in [0.717, 1.165) is 28.9 Å². The van der Waals surface area contributed by atoms with Gasteiger partial charge in [-0.15, -0.1) is 0 Å². The fourth-order valence-corrected chi connectivity index (χ4v) is 3.41. The Morgan fingerprint density at radius 1 is 1.23 bits per heavy atom. The third-order valence-corrected chi connectivity index (χ3v) is 4.86. The normalized spacial score (nSPS) is 14.0. The number of rotatable bonds is 6. The van der Waals surface area contributed by atoms with Gasteiger partial charge in [-0.3, -0.25) is 4.79 Å². The van der Waals surface area contributed by atoms with E-state index in [9.17, 15) is 4.79 Å². The predicted octanol–water partition coefficient (Wildman–Crippen LogP) is 4.21. The molecule has 3 rings (SSSR count). The molecule has 1 aliphatic rings. The number of ether oxygens (including phenoxy) is 1. The van der Waals surface area contributed by atoms with Gasteiger partial charge in [-0.1, -0.05) is 0 Å². The van der Waals surface area contributed by atoms with Gasteiger partial charge in [-0.2, -0.15) is 5.10 Å². The number of benzene rings is 2. The standard InChI is InChI=1S/C20H22BrN3O2/c1-2-26-19-10-5-15(13-18(19)21)14-22-23-20(25)16-6-8-17(9-7-16)24-11-3-4-12-24/h5-10,13-14H,2-4,11-12H2,1H3,(H,23,25)/b22-14-. The van der Waals surface area contributed by atoms with Crippen molar-refractivity contribution in [1.29, 1.82) is 0 Å². The first-order valence-corrected chi connectivity index (χ1v) is 9.57. The molecule has 0 aromatic heterocycles. The molecule has 1 amide bonds. The molecule has 26 heavy (non-hydrogen) atoms. The van der Waals surface area contributed by atoms with Crippen molar-refractivity contribution >= 4 is 33.7 Å². The van der Waals surface area contributed by atoms with Crippen LogP contribution < -0.4 is 15.1 Å². The maximum atomic E-state index is 12.2. The fourth-order valence-electron chi connectivity index (χ4n) is 2.90. The molecule has 0 unspecified atom stereocenters. The molecular weight excluding hydrogens is 394 g/mol. The maximum absolute atomic E-state index is 12.2. The highest BCUT2D eigenvalue weighted by Crippen LogP contribution is 2.25. The first-order chi connectivity index (χ1) is 12.7. The highest BCUT2D eigenvalue weighted by Gasteiger charge is 2.12. The molecule has 2 aromatic carbocycles. The van der Waals surface area contributed by atoms with Crippen LogP contribution in [0.25, 0.3) is 0 Å². The SMILES string of the molecule is CCOc1ccc(/C=N\NC(=O)c2ccc(N3CCCC3)cc2)cc1Br. The number of hydrazone groups is 1. The minimum Gasteiger partial charge on any atom is -0.493 e. The van der Waals surface area contributed by atoms with Gasteiger partial charge in [0, 0.05) is 24.3 Å². The van der Waals surface area contributed by atoms with Crippen molar-refractivity contribution in [3.63, 3.8) is 0 Å². The van der Waals surface area contributed by atoms with Crippen LogP contribution in [0.1, 0.15) is 35.7 Å². The van der Waals surface area contributed by atoms with Crippen LogP contribution in [0.3, 0.4) is 0 Å². The van der Waals surface area contributed by atoms with Crippen molar-refractivity contribution in [1.82, 2.24) is 5.43 Å². The summed E-state index contributed by atoms with van der Waals surface area (Å²) in [5, 5.41) is 4.04. The van der Waals surface area contributed by atoms with Gasteiger partial charge in [-0.25, -0.2) is 5.43 Å². The molecule has 136 valence electrons. The Balaban J connectivity index is 1.57. The Hall–Kier alpha value is -2.34. The van der Waals surface area contributed by atoms with Crippen LogP contribution in [0.2, 0.25) is 0 Å². The Labute approximate surface area is 162 Å². The number of nitrogens with zero attached hydrogens (tertiary/aromatic N) is 2. The van der Waals surface area contributed by atoms with Gasteiger partial charge in [0.05, 0.1) is 17.3 Å². The second kappa shape index (κ2) is 8.85. The number of amides is 1. The third kappa shape index (κ3) is 4.64. The van der Waals surface area contributed by atoms with Crippen LogP contribution >= 0.6 is 15.9 Å². The predicted molar refractivity (Wildman–Crippen MR) is 108 cm³/mol. The molecule has 0 bridgehead atoms. The summed E-state index contributed by atoms with van der Waals surface area (Å²) >= 11 is 3.46. The van der Waals surface area contributed by atoms with E-state index in [2.05, 4.69) is 31.4 Å². The van der Waals surface area contributed by atoms with Crippen molar-refractivity contribution in [2.45, 2.75) is 19.8 Å². The maximum Gasteiger partial charge on any atom is 0.271 e. The number of anilines is 1. The molecule has 1 saturated heterocycles. The lowest BCUT2D eigenvalue weighted by Gasteiger charge is -2.17. The highest BCUT2D eigenvalue weighted by atomic mass is 79.9. The van der Waals surface area contributed by atoms with E-state index in [1.54, 1.807) is 6.21 Å². The lowest BCUT2D eigenvalue weighted by molar-refractivity contribution is 0.0955. The Morgan fingerprint density at radius 2 is 1.96 bits per heavy atom. The summed E-state index contributed by atoms with van der Waals surface area (Å²) in [4.78, 5) is 14.5. The zero-order valence-corrected chi connectivity index (χ0v) is 16.3. The van der Waals surface area contributed by atoms with Crippen molar-refractivity contribution in [3.05, 3.63) is 58.1 Å². The largest absolute Gasteiger partial charge is 0.493 e. The molecule has 1 N–H and O–H groups in total. The molecule has 0 atom stereocenters. The molecular formula is C20H22BrN3O2. The first kappa shape index (κ1) is 18.5. The van der Waals surface area contributed by atoms with Crippen LogP contribution in [0.15, 0.2) is 52.0 Å². The molecule has 0 radical (unpaired) electrons. The quantitative estimate of drug-likeness (QED) is 0.567. The minimum absolute atomic E-state index is 0.223. The van der Waals surface area contributed by atoms with Gasteiger partial charge in [0.25, 0.3) is 5.91 Å². The molecule has 0 saturated carbocycles. The van der Waals surface area contributed by atoms with Gasteiger partial charge in [0.2, 0.25) is 0 Å². The summed E-state index contributed by atoms with van der Waals surface area (Å²) in [5.41, 5.74) is 5.20. The zero-order chi connectivity index (χ0) is 18.4. The highest BCUT2D eigenvalue weighted by molar-refractivity contribution is 9.10. The van der Waals surface area contributed by atoms with E-state index in [1.807, 2.05) is 49.4 Å². The van der Waals surface area contributed by atoms with Crippen molar-refractivity contribution < 1.29 is 9.53 Å². The average Bonchev–Trinajstić information content (AvgIpc) is 3.19. The Morgan fingerprint density at radius 3 is 2.62 bits per heavy atom. The monoisotopic (exact) mass is 415 g/mol. The van der Waals surface area contributed by atoms with E-state index < -0.39 is 0 Å². The van der Waals surface area contributed by atoms with Crippen LogP contribution in [-0.4, -0.2) is 31.8 Å². The fraction of sp³-hybridized carbons (Fsp3) is 0.300. The number of carbonyl (C=O) groups excluding carboxylic acids is 1. The lowest BCUT2D eigenvalue weighted by atomic mass is 10.2. The number of hydrogen-bond acceptors (Lipinski definition) is 4. The molecule has 0 aliphatic carbocycles. The summed E-state index contributed by atoms with van der Waals surface area (Å²) in [6, 6.07) is 13.3. The first-order valence-electron chi connectivity index (χ1n) is 8.78. The second-order valence-corrected chi connectivity index (χ2v) is 6.92. The Bertz CT molecular complexity index is 784. The summed E-state index contributed by atoms with van der Waals surface area (Å²) in [7, 11) is 0. The minimum atomic E-state index is -0.223. The van der Waals surface area contributed by atoms with Gasteiger partial charge in [0.15, 0.2) is 0 Å². The average molecular weight is 416 g/mol. The van der Waals surface area contributed by atoms with Crippen molar-refractivity contribution in [2.24, 2.45) is 5.10 Å². The molecule has 1 heterocycles. The lowest BCUT2D eigenvalue weighted by Crippen LogP contribution is -2.19. The van der Waals surface area contributed by atoms with E-state index >= 15 is 0 Å². The third-order valence-electron chi connectivity index (χ3n) is 4.24.